The second-order valence-corrected chi connectivity index (χ2v) is 11.9. The average Bonchev–Trinajstić information content (AvgIpc) is 2.94. The molecular weight excluding hydrogens is 456 g/mol. The molecule has 0 fully saturated rings. The van der Waals surface area contributed by atoms with Crippen molar-refractivity contribution in [3.8, 4) is 0 Å². The summed E-state index contributed by atoms with van der Waals surface area (Å²) in [6, 6.07) is 0. The zero-order chi connectivity index (χ0) is 27.7. The van der Waals surface area contributed by atoms with Crippen molar-refractivity contribution in [2.45, 2.75) is 171 Å². The minimum Gasteiger partial charge on any atom is -0.0654 e. The lowest BCUT2D eigenvalue weighted by Gasteiger charge is -2.34. The Bertz CT molecular complexity index is 967. The monoisotopic (exact) mass is 516 g/mol. The Morgan fingerprint density at radius 1 is 0.316 bits per heavy atom. The number of hydrogen-bond donors (Lipinski definition) is 0. The maximum absolute atomic E-state index is 2.42. The van der Waals surface area contributed by atoms with Crippen LogP contribution in [0.2, 0.25) is 0 Å². The predicted octanol–water partition coefficient (Wildman–Crippen LogP) is 10.8. The lowest BCUT2D eigenvalue weighted by atomic mass is 9.70. The Labute approximate surface area is 237 Å². The topological polar surface area (TPSA) is 0 Å². The maximum atomic E-state index is 2.42. The Kier molecular flexibility index (Phi) is 12.5. The molecule has 2 aromatic carbocycles. The summed E-state index contributed by atoms with van der Waals surface area (Å²) in [6.45, 7) is 19.1. The third-order valence-electron chi connectivity index (χ3n) is 9.61. The fourth-order valence-corrected chi connectivity index (χ4v) is 7.72. The highest BCUT2D eigenvalue weighted by molar-refractivity contribution is 5.63. The first-order valence-corrected chi connectivity index (χ1v) is 16.9. The van der Waals surface area contributed by atoms with E-state index in [2.05, 4.69) is 55.4 Å². The molecule has 0 radical (unpaired) electrons. The molecule has 212 valence electrons. The lowest BCUT2D eigenvalue weighted by molar-refractivity contribution is 0.703. The van der Waals surface area contributed by atoms with Gasteiger partial charge < -0.3 is 0 Å². The second-order valence-electron chi connectivity index (χ2n) is 11.9. The number of benzene rings is 2. The number of fused-ring (bicyclic) bond motifs is 2. The minimum absolute atomic E-state index is 1.18. The van der Waals surface area contributed by atoms with Gasteiger partial charge in [0, 0.05) is 0 Å². The zero-order valence-electron chi connectivity index (χ0n) is 26.7. The van der Waals surface area contributed by atoms with E-state index in [1.807, 2.05) is 0 Å². The van der Waals surface area contributed by atoms with E-state index in [-0.39, 0.29) is 0 Å². The second kappa shape index (κ2) is 15.3. The first-order valence-electron chi connectivity index (χ1n) is 16.9. The van der Waals surface area contributed by atoms with E-state index in [0.29, 0.717) is 0 Å². The normalized spacial score (nSPS) is 12.6. The molecule has 0 spiro atoms. The van der Waals surface area contributed by atoms with Gasteiger partial charge in [0.2, 0.25) is 0 Å². The zero-order valence-corrected chi connectivity index (χ0v) is 26.7. The van der Waals surface area contributed by atoms with E-state index < -0.39 is 0 Å². The molecule has 0 heterocycles. The van der Waals surface area contributed by atoms with Gasteiger partial charge in [0.1, 0.15) is 0 Å². The highest BCUT2D eigenvalue weighted by atomic mass is 14.3. The highest BCUT2D eigenvalue weighted by Gasteiger charge is 2.30. The van der Waals surface area contributed by atoms with Gasteiger partial charge in [-0.2, -0.15) is 0 Å². The predicted molar refractivity (Wildman–Crippen MR) is 170 cm³/mol. The summed E-state index contributed by atoms with van der Waals surface area (Å²) in [4.78, 5) is 0. The third-order valence-corrected chi connectivity index (χ3v) is 9.61. The van der Waals surface area contributed by atoms with Crippen LogP contribution >= 0.6 is 0 Å². The summed E-state index contributed by atoms with van der Waals surface area (Å²) in [5.41, 5.74) is 21.1. The van der Waals surface area contributed by atoms with Gasteiger partial charge in [0.15, 0.2) is 0 Å². The van der Waals surface area contributed by atoms with Crippen LogP contribution in [0.4, 0.5) is 0 Å². The van der Waals surface area contributed by atoms with E-state index in [9.17, 15) is 0 Å². The molecule has 0 heteroatoms. The van der Waals surface area contributed by atoms with Crippen LogP contribution in [0.25, 0.3) is 0 Å². The smallest absolute Gasteiger partial charge is 0.00142 e. The molecule has 3 rings (SSSR count). The Morgan fingerprint density at radius 2 is 0.579 bits per heavy atom. The summed E-state index contributed by atoms with van der Waals surface area (Å²) >= 11 is 0. The van der Waals surface area contributed by atoms with Crippen molar-refractivity contribution in [2.24, 2.45) is 0 Å². The van der Waals surface area contributed by atoms with Crippen molar-refractivity contribution < 1.29 is 0 Å². The molecule has 1 aliphatic carbocycles. The molecule has 0 saturated carbocycles. The molecule has 0 saturated heterocycles. The van der Waals surface area contributed by atoms with Crippen molar-refractivity contribution in [2.75, 3.05) is 0 Å². The van der Waals surface area contributed by atoms with Gasteiger partial charge in [-0.15, -0.1) is 0 Å². The Balaban J connectivity index is 2.39. The van der Waals surface area contributed by atoms with E-state index in [1.54, 1.807) is 66.8 Å². The molecule has 0 amide bonds. The van der Waals surface area contributed by atoms with Gasteiger partial charge in [0.05, 0.1) is 0 Å². The summed E-state index contributed by atoms with van der Waals surface area (Å²) in [7, 11) is 0. The fraction of sp³-hybridized carbons (Fsp3) is 0.684. The van der Waals surface area contributed by atoms with Crippen LogP contribution in [0.5, 0.6) is 0 Å². The molecule has 38 heavy (non-hydrogen) atoms. The minimum atomic E-state index is 1.18. The van der Waals surface area contributed by atoms with E-state index >= 15 is 0 Å². The third kappa shape index (κ3) is 6.26. The molecule has 0 bridgehead atoms. The maximum Gasteiger partial charge on any atom is -0.00142 e. The average molecular weight is 517 g/mol. The van der Waals surface area contributed by atoms with Crippen LogP contribution in [0, 0.1) is 0 Å². The van der Waals surface area contributed by atoms with Gasteiger partial charge in [-0.25, -0.2) is 0 Å². The first kappa shape index (κ1) is 31.0. The van der Waals surface area contributed by atoms with Crippen LogP contribution in [0.3, 0.4) is 0 Å². The molecule has 0 aliphatic heterocycles. The van der Waals surface area contributed by atoms with Gasteiger partial charge in [-0.3, -0.25) is 0 Å². The summed E-state index contributed by atoms with van der Waals surface area (Å²) in [5.74, 6) is 0. The van der Waals surface area contributed by atoms with E-state index in [0.717, 1.165) is 0 Å². The van der Waals surface area contributed by atoms with E-state index in [1.165, 1.54) is 116 Å². The van der Waals surface area contributed by atoms with Gasteiger partial charge in [-0.1, -0.05) is 81.1 Å². The standard InChI is InChI=1S/C38H60/c1-9-17-21-31-32(22-18-10-2)34(24-20-12-4)38-26-36-30(16-8)28(14-6)27(13-5)29(15-7)35(36)25-37(38)33(31)23-19-11-3/h9-26H2,1-8H3. The van der Waals surface area contributed by atoms with Crippen LogP contribution < -0.4 is 0 Å². The molecular formula is C38H60. The number of rotatable bonds is 16. The van der Waals surface area contributed by atoms with Crippen molar-refractivity contribution in [1.82, 2.24) is 0 Å². The van der Waals surface area contributed by atoms with Gasteiger partial charge in [0.25, 0.3) is 0 Å². The van der Waals surface area contributed by atoms with Crippen molar-refractivity contribution in [1.29, 1.82) is 0 Å². The molecule has 0 aromatic heterocycles. The molecule has 0 atom stereocenters. The summed E-state index contributed by atoms with van der Waals surface area (Å²) in [6.07, 6.45) is 22.8. The largest absolute Gasteiger partial charge is 0.0654 e. The van der Waals surface area contributed by atoms with Crippen LogP contribution in [-0.2, 0) is 64.2 Å². The Morgan fingerprint density at radius 3 is 0.842 bits per heavy atom. The van der Waals surface area contributed by atoms with Crippen LogP contribution in [0.1, 0.15) is 174 Å². The summed E-state index contributed by atoms with van der Waals surface area (Å²) in [5, 5.41) is 0. The Hall–Kier alpha value is -1.56. The lowest BCUT2D eigenvalue weighted by Crippen LogP contribution is -2.22. The first-order chi connectivity index (χ1) is 18.6. The highest BCUT2D eigenvalue weighted by Crippen LogP contribution is 2.43. The van der Waals surface area contributed by atoms with Crippen molar-refractivity contribution in [3.05, 3.63) is 66.8 Å². The SMILES string of the molecule is CCCCc1c(CCCC)c(CCCC)c2c(c1CCCC)Cc1c(CC)c(CC)c(CC)c(CC)c1C2. The van der Waals surface area contributed by atoms with E-state index in [4.69, 9.17) is 0 Å². The van der Waals surface area contributed by atoms with Crippen LogP contribution in [-0.4, -0.2) is 0 Å². The van der Waals surface area contributed by atoms with Gasteiger partial charge in [-0.05, 0) is 157 Å². The quantitative estimate of drug-likeness (QED) is 0.177. The molecule has 0 unspecified atom stereocenters. The molecule has 0 nitrogen and oxygen atoms in total. The summed E-state index contributed by atoms with van der Waals surface area (Å²) < 4.78 is 0. The molecule has 2 aromatic rings. The molecule has 0 N–H and O–H groups in total. The van der Waals surface area contributed by atoms with Crippen molar-refractivity contribution >= 4 is 0 Å². The molecule has 1 aliphatic rings. The number of hydrogen-bond acceptors (Lipinski definition) is 0. The number of unbranched alkanes of at least 4 members (excludes halogenated alkanes) is 4. The van der Waals surface area contributed by atoms with Crippen LogP contribution in [0.15, 0.2) is 0 Å². The van der Waals surface area contributed by atoms with Gasteiger partial charge >= 0.3 is 0 Å². The fourth-order valence-electron chi connectivity index (χ4n) is 7.72. The van der Waals surface area contributed by atoms with Crippen molar-refractivity contribution in [3.63, 3.8) is 0 Å².